The SMILES string of the molecule is CC(=O)CCc1[nH]c2ccc(OCc3ccc(C4CCCC4)c(C(F)(F)F)c3)cc2c1C. The molecule has 1 saturated carbocycles. The third kappa shape index (κ3) is 4.84. The Kier molecular flexibility index (Phi) is 6.31. The monoisotopic (exact) mass is 443 g/mol. The first-order valence-corrected chi connectivity index (χ1v) is 11.2. The summed E-state index contributed by atoms with van der Waals surface area (Å²) in [6.45, 7) is 3.64. The highest BCUT2D eigenvalue weighted by atomic mass is 19.4. The summed E-state index contributed by atoms with van der Waals surface area (Å²) < 4.78 is 47.0. The van der Waals surface area contributed by atoms with Crippen LogP contribution in [0.4, 0.5) is 13.2 Å². The number of H-pyrrole nitrogens is 1. The predicted molar refractivity (Wildman–Crippen MR) is 119 cm³/mol. The molecule has 1 aliphatic carbocycles. The Morgan fingerprint density at radius 3 is 2.56 bits per heavy atom. The highest BCUT2D eigenvalue weighted by molar-refractivity contribution is 5.86. The molecule has 1 aromatic heterocycles. The largest absolute Gasteiger partial charge is 0.489 e. The zero-order chi connectivity index (χ0) is 22.9. The van der Waals surface area contributed by atoms with Crippen molar-refractivity contribution in [3.8, 4) is 5.75 Å². The molecule has 2 aromatic carbocycles. The molecule has 0 saturated heterocycles. The maximum atomic E-state index is 13.7. The van der Waals surface area contributed by atoms with Crippen molar-refractivity contribution in [3.63, 3.8) is 0 Å². The zero-order valence-electron chi connectivity index (χ0n) is 18.4. The summed E-state index contributed by atoms with van der Waals surface area (Å²) in [5.41, 5.74) is 3.43. The van der Waals surface area contributed by atoms with Crippen molar-refractivity contribution in [2.75, 3.05) is 0 Å². The van der Waals surface area contributed by atoms with Gasteiger partial charge in [-0.15, -0.1) is 0 Å². The number of fused-ring (bicyclic) bond motifs is 1. The lowest BCUT2D eigenvalue weighted by atomic mass is 9.91. The number of halogens is 3. The summed E-state index contributed by atoms with van der Waals surface area (Å²) in [5, 5.41) is 0.994. The normalized spacial score (nSPS) is 14.9. The summed E-state index contributed by atoms with van der Waals surface area (Å²) in [6.07, 6.45) is 0.391. The van der Waals surface area contributed by atoms with Crippen LogP contribution in [0, 0.1) is 6.92 Å². The van der Waals surface area contributed by atoms with Crippen LogP contribution in [0.1, 0.15) is 72.9 Å². The van der Waals surface area contributed by atoms with Gasteiger partial charge in [-0.2, -0.15) is 13.2 Å². The van der Waals surface area contributed by atoms with E-state index in [9.17, 15) is 18.0 Å². The molecular formula is C26H28F3NO2. The summed E-state index contributed by atoms with van der Waals surface area (Å²) in [5.74, 6) is 0.744. The Morgan fingerprint density at radius 1 is 1.12 bits per heavy atom. The van der Waals surface area contributed by atoms with Gasteiger partial charge >= 0.3 is 6.18 Å². The van der Waals surface area contributed by atoms with Gasteiger partial charge in [0.2, 0.25) is 0 Å². The number of carbonyl (C=O) groups is 1. The van der Waals surface area contributed by atoms with Gasteiger partial charge in [-0.1, -0.05) is 25.0 Å². The van der Waals surface area contributed by atoms with Crippen LogP contribution in [0.5, 0.6) is 5.75 Å². The highest BCUT2D eigenvalue weighted by Crippen LogP contribution is 2.42. The quantitative estimate of drug-likeness (QED) is 0.418. The number of alkyl halides is 3. The van der Waals surface area contributed by atoms with E-state index >= 15 is 0 Å². The van der Waals surface area contributed by atoms with E-state index in [0.29, 0.717) is 29.7 Å². The van der Waals surface area contributed by atoms with Crippen molar-refractivity contribution < 1.29 is 22.7 Å². The van der Waals surface area contributed by atoms with Crippen LogP contribution in [0.25, 0.3) is 10.9 Å². The first kappa shape index (κ1) is 22.4. The number of hydrogen-bond donors (Lipinski definition) is 1. The van der Waals surface area contributed by atoms with Crippen molar-refractivity contribution in [2.24, 2.45) is 0 Å². The highest BCUT2D eigenvalue weighted by Gasteiger charge is 2.36. The number of aromatic nitrogens is 1. The summed E-state index contributed by atoms with van der Waals surface area (Å²) in [4.78, 5) is 14.6. The van der Waals surface area contributed by atoms with Crippen LogP contribution in [-0.4, -0.2) is 10.8 Å². The topological polar surface area (TPSA) is 42.1 Å². The number of nitrogens with one attached hydrogen (secondary N) is 1. The fourth-order valence-corrected chi connectivity index (χ4v) is 4.70. The van der Waals surface area contributed by atoms with Crippen LogP contribution in [0.2, 0.25) is 0 Å². The van der Waals surface area contributed by atoms with E-state index in [1.54, 1.807) is 19.1 Å². The average Bonchev–Trinajstić information content (AvgIpc) is 3.38. The van der Waals surface area contributed by atoms with E-state index in [-0.39, 0.29) is 18.3 Å². The van der Waals surface area contributed by atoms with Crippen LogP contribution in [0.15, 0.2) is 36.4 Å². The van der Waals surface area contributed by atoms with Crippen molar-refractivity contribution in [1.82, 2.24) is 4.98 Å². The lowest BCUT2D eigenvalue weighted by Gasteiger charge is -2.19. The summed E-state index contributed by atoms with van der Waals surface area (Å²) in [6, 6.07) is 10.2. The fourth-order valence-electron chi connectivity index (χ4n) is 4.70. The van der Waals surface area contributed by atoms with Gasteiger partial charge in [0.1, 0.15) is 18.1 Å². The summed E-state index contributed by atoms with van der Waals surface area (Å²) in [7, 11) is 0. The predicted octanol–water partition coefficient (Wildman–Crippen LogP) is 7.25. The molecule has 3 nitrogen and oxygen atoms in total. The van der Waals surface area contributed by atoms with Gasteiger partial charge in [-0.3, -0.25) is 0 Å². The van der Waals surface area contributed by atoms with Crippen molar-refractivity contribution in [3.05, 3.63) is 64.3 Å². The molecule has 0 bridgehead atoms. The minimum atomic E-state index is -4.37. The second-order valence-corrected chi connectivity index (χ2v) is 8.83. The number of hydrogen-bond acceptors (Lipinski definition) is 2. The number of aryl methyl sites for hydroxylation is 2. The molecule has 0 aliphatic heterocycles. The summed E-state index contributed by atoms with van der Waals surface area (Å²) >= 11 is 0. The number of aromatic amines is 1. The number of benzene rings is 2. The molecular weight excluding hydrogens is 415 g/mol. The maximum absolute atomic E-state index is 13.7. The van der Waals surface area contributed by atoms with E-state index in [0.717, 1.165) is 47.8 Å². The molecule has 6 heteroatoms. The van der Waals surface area contributed by atoms with Crippen molar-refractivity contribution >= 4 is 16.7 Å². The molecule has 32 heavy (non-hydrogen) atoms. The molecule has 1 N–H and O–H groups in total. The van der Waals surface area contributed by atoms with E-state index in [4.69, 9.17) is 4.74 Å². The zero-order valence-corrected chi connectivity index (χ0v) is 18.4. The van der Waals surface area contributed by atoms with Crippen LogP contribution >= 0.6 is 0 Å². The number of carbonyl (C=O) groups excluding carboxylic acids is 1. The van der Waals surface area contributed by atoms with E-state index < -0.39 is 11.7 Å². The molecule has 4 rings (SSSR count). The smallest absolute Gasteiger partial charge is 0.416 e. The van der Waals surface area contributed by atoms with E-state index in [2.05, 4.69) is 4.98 Å². The van der Waals surface area contributed by atoms with Gasteiger partial charge in [0, 0.05) is 23.0 Å². The van der Waals surface area contributed by atoms with E-state index in [1.165, 1.54) is 6.07 Å². The second kappa shape index (κ2) is 9.00. The van der Waals surface area contributed by atoms with Gasteiger partial charge in [0.15, 0.2) is 0 Å². The Bertz CT molecular complexity index is 1120. The van der Waals surface area contributed by atoms with Gasteiger partial charge in [0.05, 0.1) is 5.56 Å². The average molecular weight is 444 g/mol. The van der Waals surface area contributed by atoms with Crippen LogP contribution in [0.3, 0.4) is 0 Å². The number of ether oxygens (including phenoxy) is 1. The van der Waals surface area contributed by atoms with Crippen LogP contribution in [-0.2, 0) is 24.0 Å². The first-order chi connectivity index (χ1) is 15.2. The Labute approximate surface area is 186 Å². The molecule has 0 atom stereocenters. The molecule has 3 aromatic rings. The van der Waals surface area contributed by atoms with Crippen molar-refractivity contribution in [1.29, 1.82) is 0 Å². The standard InChI is InChI=1S/C26H28F3NO2/c1-16(31)7-11-24-17(2)22-14-20(9-12-25(22)30-24)32-15-18-8-10-21(19-5-3-4-6-19)23(13-18)26(27,28)29/h8-10,12-14,19,30H,3-7,11,15H2,1-2H3. The van der Waals surface area contributed by atoms with Gasteiger partial charge < -0.3 is 14.5 Å². The third-order valence-electron chi connectivity index (χ3n) is 6.48. The molecule has 0 unspecified atom stereocenters. The second-order valence-electron chi connectivity index (χ2n) is 8.83. The fraction of sp³-hybridized carbons (Fsp3) is 0.423. The number of Topliss-reactive ketones (excluding diaryl/α,β-unsaturated/α-hetero) is 1. The molecule has 170 valence electrons. The molecule has 1 fully saturated rings. The Morgan fingerprint density at radius 2 is 1.88 bits per heavy atom. The Balaban J connectivity index is 1.52. The Hall–Kier alpha value is -2.76. The van der Waals surface area contributed by atoms with Gasteiger partial charge in [-0.25, -0.2) is 0 Å². The third-order valence-corrected chi connectivity index (χ3v) is 6.48. The lowest BCUT2D eigenvalue weighted by Crippen LogP contribution is -2.12. The first-order valence-electron chi connectivity index (χ1n) is 11.2. The number of ketones is 1. The van der Waals surface area contributed by atoms with Crippen molar-refractivity contribution in [2.45, 2.75) is 71.1 Å². The van der Waals surface area contributed by atoms with Gasteiger partial charge in [0.25, 0.3) is 0 Å². The lowest BCUT2D eigenvalue weighted by molar-refractivity contribution is -0.138. The molecule has 1 aliphatic rings. The molecule has 1 heterocycles. The molecule has 0 spiro atoms. The van der Waals surface area contributed by atoms with Gasteiger partial charge in [-0.05, 0) is 80.0 Å². The maximum Gasteiger partial charge on any atom is 0.416 e. The molecule has 0 amide bonds. The minimum absolute atomic E-state index is 0.00207. The van der Waals surface area contributed by atoms with Crippen LogP contribution < -0.4 is 4.74 Å². The van der Waals surface area contributed by atoms with E-state index in [1.807, 2.05) is 25.1 Å². The number of rotatable bonds is 7. The molecule has 0 radical (unpaired) electrons. The minimum Gasteiger partial charge on any atom is -0.489 e.